The van der Waals surface area contributed by atoms with Crippen molar-refractivity contribution in [2.75, 3.05) is 0 Å². The zero-order valence-electron chi connectivity index (χ0n) is 21.7. The molecule has 0 fully saturated rings. The number of aromatic nitrogens is 2. The highest BCUT2D eigenvalue weighted by Gasteiger charge is 2.40. The number of fused-ring (bicyclic) bond motifs is 2. The number of aliphatic hydroxyl groups excluding tert-OH is 2. The van der Waals surface area contributed by atoms with Crippen LogP contribution in [0.25, 0.3) is 55.5 Å². The van der Waals surface area contributed by atoms with Crippen molar-refractivity contribution in [3.05, 3.63) is 131 Å². The molecule has 4 N–H and O–H groups in total. The Morgan fingerprint density at radius 1 is 0.500 bits per heavy atom. The summed E-state index contributed by atoms with van der Waals surface area (Å²) in [5, 5.41) is 23.9. The first-order valence-electron chi connectivity index (χ1n) is 13.0. The number of para-hydroxylation sites is 2. The first-order valence-corrected chi connectivity index (χ1v) is 13.0. The lowest BCUT2D eigenvalue weighted by atomic mass is 9.83. The molecule has 6 aromatic rings. The van der Waals surface area contributed by atoms with Crippen LogP contribution >= 0.6 is 0 Å². The zero-order chi connectivity index (χ0) is 29.1. The molecule has 1 aliphatic carbocycles. The van der Waals surface area contributed by atoms with Crippen LogP contribution in [0.5, 0.6) is 0 Å². The topological polar surface area (TPSA) is 106 Å². The monoisotopic (exact) mass is 558 g/mol. The van der Waals surface area contributed by atoms with Crippen molar-refractivity contribution >= 4 is 44.5 Å². The molecule has 0 bridgehead atoms. The molecule has 1 aliphatic rings. The Balaban J connectivity index is 1.47. The van der Waals surface area contributed by atoms with Crippen LogP contribution < -0.4 is 0 Å². The Labute approximate surface area is 236 Å². The van der Waals surface area contributed by atoms with Crippen molar-refractivity contribution < 1.29 is 28.6 Å². The summed E-state index contributed by atoms with van der Waals surface area (Å²) in [4.78, 5) is 34.4. The van der Waals surface area contributed by atoms with Crippen LogP contribution in [0.1, 0.15) is 11.1 Å². The van der Waals surface area contributed by atoms with E-state index < -0.39 is 34.7 Å². The minimum atomic E-state index is -0.953. The third kappa shape index (κ3) is 3.77. The van der Waals surface area contributed by atoms with Crippen LogP contribution in [0.15, 0.2) is 109 Å². The number of carbonyl (C=O) groups excluding carboxylic acids is 2. The van der Waals surface area contributed by atoms with Crippen molar-refractivity contribution in [2.45, 2.75) is 0 Å². The van der Waals surface area contributed by atoms with Crippen LogP contribution in [0, 0.1) is 11.6 Å². The van der Waals surface area contributed by atoms with Gasteiger partial charge in [-0.05, 0) is 71.8 Å². The van der Waals surface area contributed by atoms with Gasteiger partial charge in [0.1, 0.15) is 11.6 Å². The fourth-order valence-corrected chi connectivity index (χ4v) is 5.61. The lowest BCUT2D eigenvalue weighted by molar-refractivity contribution is -0.116. The van der Waals surface area contributed by atoms with Crippen LogP contribution in [0.3, 0.4) is 0 Å². The quantitative estimate of drug-likeness (QED) is 0.167. The molecule has 0 atom stereocenters. The smallest absolute Gasteiger partial charge is 0.232 e. The van der Waals surface area contributed by atoms with E-state index >= 15 is 0 Å². The number of benzene rings is 4. The molecule has 0 saturated heterocycles. The fraction of sp³-hybridized carbons (Fsp3) is 0. The van der Waals surface area contributed by atoms with E-state index in [9.17, 15) is 28.6 Å². The van der Waals surface area contributed by atoms with Gasteiger partial charge in [-0.3, -0.25) is 9.59 Å². The van der Waals surface area contributed by atoms with E-state index in [-0.39, 0.29) is 22.3 Å². The van der Waals surface area contributed by atoms with E-state index in [2.05, 4.69) is 9.97 Å². The summed E-state index contributed by atoms with van der Waals surface area (Å²) in [6, 6.07) is 25.1. The first-order chi connectivity index (χ1) is 20.3. The zero-order valence-corrected chi connectivity index (χ0v) is 21.7. The predicted octanol–water partition coefficient (Wildman–Crippen LogP) is 7.65. The Kier molecular flexibility index (Phi) is 5.65. The van der Waals surface area contributed by atoms with Crippen molar-refractivity contribution in [2.24, 2.45) is 0 Å². The molecule has 204 valence electrons. The van der Waals surface area contributed by atoms with Crippen LogP contribution in [0.2, 0.25) is 0 Å². The second kappa shape index (κ2) is 9.42. The third-order valence-electron chi connectivity index (χ3n) is 7.54. The lowest BCUT2D eigenvalue weighted by Crippen LogP contribution is -2.23. The fourth-order valence-electron chi connectivity index (χ4n) is 5.61. The summed E-state index contributed by atoms with van der Waals surface area (Å²) >= 11 is 0. The van der Waals surface area contributed by atoms with Gasteiger partial charge in [-0.2, -0.15) is 0 Å². The SMILES string of the molecule is O=C1C(O)=C(c2c(-c3ccc(F)cc3)[nH]c3ccccc23)C(=O)C(O)=C1c1c(-c2ccc(F)cc2)[nH]c2ccccc12. The Hall–Kier alpha value is -5.76. The van der Waals surface area contributed by atoms with E-state index in [0.717, 1.165) is 0 Å². The molecule has 0 saturated carbocycles. The number of carbonyl (C=O) groups is 2. The largest absolute Gasteiger partial charge is 0.504 e. The van der Waals surface area contributed by atoms with Crippen LogP contribution in [-0.2, 0) is 9.59 Å². The molecule has 0 radical (unpaired) electrons. The van der Waals surface area contributed by atoms with Crippen molar-refractivity contribution in [3.63, 3.8) is 0 Å². The number of halogens is 2. The average Bonchev–Trinajstić information content (AvgIpc) is 3.57. The van der Waals surface area contributed by atoms with Gasteiger partial charge in [-0.1, -0.05) is 36.4 Å². The highest BCUT2D eigenvalue weighted by Crippen LogP contribution is 2.44. The van der Waals surface area contributed by atoms with E-state index in [0.29, 0.717) is 44.3 Å². The highest BCUT2D eigenvalue weighted by atomic mass is 19.1. The molecule has 2 heterocycles. The van der Waals surface area contributed by atoms with E-state index in [1.807, 2.05) is 0 Å². The van der Waals surface area contributed by atoms with Gasteiger partial charge in [-0.15, -0.1) is 0 Å². The van der Waals surface area contributed by atoms with E-state index in [1.165, 1.54) is 48.5 Å². The average molecular weight is 559 g/mol. The molecule has 6 nitrogen and oxygen atoms in total. The molecule has 0 amide bonds. The summed E-state index contributed by atoms with van der Waals surface area (Å²) in [5.41, 5.74) is 2.63. The number of Topliss-reactive ketones (excluding diaryl/α,β-unsaturated/α-hetero) is 2. The van der Waals surface area contributed by atoms with Crippen molar-refractivity contribution in [1.29, 1.82) is 0 Å². The van der Waals surface area contributed by atoms with Gasteiger partial charge in [-0.25, -0.2) is 8.78 Å². The van der Waals surface area contributed by atoms with Crippen LogP contribution in [0.4, 0.5) is 8.78 Å². The predicted molar refractivity (Wildman–Crippen MR) is 156 cm³/mol. The molecular formula is C34H20F2N2O4. The van der Waals surface area contributed by atoms with E-state index in [4.69, 9.17) is 0 Å². The Morgan fingerprint density at radius 3 is 1.24 bits per heavy atom. The molecular weight excluding hydrogens is 538 g/mol. The van der Waals surface area contributed by atoms with Gasteiger partial charge >= 0.3 is 0 Å². The number of nitrogens with one attached hydrogen (secondary N) is 2. The number of hydrogen-bond donors (Lipinski definition) is 4. The molecule has 2 aromatic heterocycles. The van der Waals surface area contributed by atoms with Gasteiger partial charge in [0.05, 0.1) is 22.5 Å². The highest BCUT2D eigenvalue weighted by molar-refractivity contribution is 6.48. The van der Waals surface area contributed by atoms with Crippen molar-refractivity contribution in [1.82, 2.24) is 9.97 Å². The Bertz CT molecular complexity index is 1990. The standard InChI is InChI=1S/C34H20F2N2O4/c35-19-13-9-17(10-14-19)29-25(21-5-1-3-7-23(21)37-29)27-31(39)33(41)28(34(42)32(27)40)26-22-6-2-4-8-24(22)38-30(26)18-11-15-20(36)16-12-18/h1-16,37-39,42H. The number of H-pyrrole nitrogens is 2. The summed E-state index contributed by atoms with van der Waals surface area (Å²) in [6.07, 6.45) is 0. The number of allylic oxidation sites excluding steroid dienone is 2. The van der Waals surface area contributed by atoms with E-state index in [1.54, 1.807) is 48.5 Å². The second-order valence-electron chi connectivity index (χ2n) is 9.96. The normalized spacial score (nSPS) is 14.0. The van der Waals surface area contributed by atoms with Gasteiger partial charge in [0.15, 0.2) is 11.5 Å². The molecule has 42 heavy (non-hydrogen) atoms. The number of ketones is 2. The minimum Gasteiger partial charge on any atom is -0.504 e. The maximum atomic E-state index is 14.0. The molecule has 4 aromatic carbocycles. The number of aromatic amines is 2. The molecule has 8 heteroatoms. The van der Waals surface area contributed by atoms with Gasteiger partial charge in [0, 0.05) is 32.9 Å². The first kappa shape index (κ1) is 25.2. The minimum absolute atomic E-state index is 0.205. The van der Waals surface area contributed by atoms with Gasteiger partial charge < -0.3 is 20.2 Å². The van der Waals surface area contributed by atoms with Gasteiger partial charge in [0.25, 0.3) is 0 Å². The Morgan fingerprint density at radius 2 is 0.857 bits per heavy atom. The molecule has 7 rings (SSSR count). The number of rotatable bonds is 4. The third-order valence-corrected chi connectivity index (χ3v) is 7.54. The maximum absolute atomic E-state index is 14.0. The maximum Gasteiger partial charge on any atom is 0.232 e. The van der Waals surface area contributed by atoms with Gasteiger partial charge in [0.2, 0.25) is 11.6 Å². The second-order valence-corrected chi connectivity index (χ2v) is 9.96. The molecule has 0 spiro atoms. The summed E-state index contributed by atoms with van der Waals surface area (Å²) in [5.74, 6) is -4.49. The summed E-state index contributed by atoms with van der Waals surface area (Å²) < 4.78 is 27.5. The molecule has 0 aliphatic heterocycles. The summed E-state index contributed by atoms with van der Waals surface area (Å²) in [7, 11) is 0. The molecule has 0 unspecified atom stereocenters. The summed E-state index contributed by atoms with van der Waals surface area (Å²) in [6.45, 7) is 0. The number of hydrogen-bond acceptors (Lipinski definition) is 4. The lowest BCUT2D eigenvalue weighted by Gasteiger charge is -2.20. The number of aliphatic hydroxyl groups is 2. The van der Waals surface area contributed by atoms with Crippen LogP contribution in [-0.4, -0.2) is 31.7 Å². The van der Waals surface area contributed by atoms with Crippen molar-refractivity contribution in [3.8, 4) is 22.5 Å².